The normalized spacial score (nSPS) is 14.1. The number of carbonyl (C=O) groups is 6. The first kappa shape index (κ1) is 46.4. The Hall–Kier alpha value is -7.56. The minimum atomic E-state index is -0.880. The topological polar surface area (TPSA) is 218 Å². The molecule has 2 aromatic carbocycles. The van der Waals surface area contributed by atoms with Gasteiger partial charge < -0.3 is 26.2 Å². The Kier molecular flexibility index (Phi) is 15.1. The predicted octanol–water partition coefficient (Wildman–Crippen LogP) is 5.10. The average molecular weight is 895 g/mol. The van der Waals surface area contributed by atoms with Crippen LogP contribution in [0.1, 0.15) is 70.4 Å². The average Bonchev–Trinajstić information content (AvgIpc) is 3.90. The first-order valence-corrected chi connectivity index (χ1v) is 22.3. The number of benzene rings is 2. The third-order valence-corrected chi connectivity index (χ3v) is 11.7. The zero-order chi connectivity index (χ0) is 46.7. The first-order chi connectivity index (χ1) is 31.9. The summed E-state index contributed by atoms with van der Waals surface area (Å²) in [7, 11) is 0. The number of nitrogens with one attached hydrogen (secondary N) is 4. The molecule has 4 N–H and O–H groups in total. The molecule has 2 aliphatic rings. The van der Waals surface area contributed by atoms with E-state index >= 15 is 0 Å². The number of amides is 7. The van der Waals surface area contributed by atoms with Gasteiger partial charge in [0.1, 0.15) is 12.1 Å². The van der Waals surface area contributed by atoms with Crippen LogP contribution in [0.4, 0.5) is 10.5 Å². The van der Waals surface area contributed by atoms with Crippen molar-refractivity contribution in [3.05, 3.63) is 119 Å². The van der Waals surface area contributed by atoms with Gasteiger partial charge in [0, 0.05) is 86.5 Å². The second-order valence-corrected chi connectivity index (χ2v) is 16.8. The van der Waals surface area contributed by atoms with E-state index in [2.05, 4.69) is 31.2 Å². The number of hydrogen-bond donors (Lipinski definition) is 4. The molecule has 5 aromatic rings. The summed E-state index contributed by atoms with van der Waals surface area (Å²) >= 11 is 0. The predicted molar refractivity (Wildman–Crippen MR) is 248 cm³/mol. The maximum atomic E-state index is 14.1. The molecule has 66 heavy (non-hydrogen) atoms. The SMILES string of the molecule is CC(C)C(NC(=O)CCCCCN1C(=O)C=CC1=O)C(=O)N[C@@H](C)C(=O)NCCCCn1nc(-c2ccc(NC(=O)N3Cc4ccncc4C3)cc2)cc(-c2cccc3ncccc23)c1=O. The Morgan fingerprint density at radius 2 is 1.50 bits per heavy atom. The molecule has 0 radical (unpaired) electrons. The van der Waals surface area contributed by atoms with Crippen molar-refractivity contribution in [3.63, 3.8) is 0 Å². The summed E-state index contributed by atoms with van der Waals surface area (Å²) in [6.45, 7) is 6.99. The van der Waals surface area contributed by atoms with Crippen LogP contribution in [-0.4, -0.2) is 90.3 Å². The highest BCUT2D eigenvalue weighted by Crippen LogP contribution is 2.29. The quantitative estimate of drug-likeness (QED) is 0.0636. The Morgan fingerprint density at radius 3 is 2.26 bits per heavy atom. The molecule has 0 spiro atoms. The lowest BCUT2D eigenvalue weighted by Gasteiger charge is -2.24. The number of urea groups is 1. The van der Waals surface area contributed by atoms with Crippen molar-refractivity contribution in [2.24, 2.45) is 5.92 Å². The molecule has 5 heterocycles. The highest BCUT2D eigenvalue weighted by Gasteiger charge is 2.28. The van der Waals surface area contributed by atoms with Gasteiger partial charge in [-0.3, -0.25) is 43.6 Å². The van der Waals surface area contributed by atoms with E-state index in [9.17, 15) is 33.6 Å². The summed E-state index contributed by atoms with van der Waals surface area (Å²) in [5.41, 5.74) is 5.65. The standard InChI is InChI=1S/C49H54N10O7/c1-31(2)45(55-42(60)14-5-4-7-25-58-43(61)19-20-44(58)62)47(64)53-32(3)46(63)52-22-6-8-26-59-48(65)39(37-11-9-13-40-38(37)12-10-23-51-40)27-41(56-59)33-15-17-36(18-16-33)54-49(66)57-29-34-21-24-50-28-35(34)30-57/h9-13,15-21,23-24,27-28,31-32,45H,4-8,14,22,25-26,29-30H2,1-3H3,(H,52,63)(H,53,64)(H,54,66)(H,55,60)/t32-,45?/m0/s1. The summed E-state index contributed by atoms with van der Waals surface area (Å²) in [5, 5.41) is 16.9. The molecule has 17 nitrogen and oxygen atoms in total. The maximum absolute atomic E-state index is 14.1. The second-order valence-electron chi connectivity index (χ2n) is 16.8. The van der Waals surface area contributed by atoms with E-state index in [4.69, 9.17) is 5.10 Å². The molecule has 3 aromatic heterocycles. The summed E-state index contributed by atoms with van der Waals surface area (Å²) in [6, 6.07) is 18.5. The molecule has 7 amide bonds. The fourth-order valence-electron chi connectivity index (χ4n) is 7.94. The Labute approximate surface area is 382 Å². The third-order valence-electron chi connectivity index (χ3n) is 11.7. The molecule has 342 valence electrons. The van der Waals surface area contributed by atoms with E-state index in [1.54, 1.807) is 62.5 Å². The molecule has 0 aliphatic carbocycles. The fourth-order valence-corrected chi connectivity index (χ4v) is 7.94. The van der Waals surface area contributed by atoms with Crippen LogP contribution in [0.15, 0.2) is 102 Å². The van der Waals surface area contributed by atoms with Gasteiger partial charge >= 0.3 is 6.03 Å². The van der Waals surface area contributed by atoms with Crippen LogP contribution in [-0.2, 0) is 43.6 Å². The van der Waals surface area contributed by atoms with Gasteiger partial charge in [-0.15, -0.1) is 0 Å². The van der Waals surface area contributed by atoms with E-state index in [1.165, 1.54) is 21.7 Å². The van der Waals surface area contributed by atoms with Crippen molar-refractivity contribution in [3.8, 4) is 22.4 Å². The largest absolute Gasteiger partial charge is 0.354 e. The number of aromatic nitrogens is 4. The van der Waals surface area contributed by atoms with Crippen LogP contribution in [0.3, 0.4) is 0 Å². The second kappa shape index (κ2) is 21.4. The molecule has 7 rings (SSSR count). The minimum absolute atomic E-state index is 0.169. The van der Waals surface area contributed by atoms with Crippen molar-refractivity contribution in [1.29, 1.82) is 0 Å². The number of fused-ring (bicyclic) bond motifs is 2. The fraction of sp³-hybridized carbons (Fsp3) is 0.347. The van der Waals surface area contributed by atoms with Gasteiger partial charge in [-0.2, -0.15) is 5.10 Å². The Balaban J connectivity index is 0.925. The number of hydrogen-bond acceptors (Lipinski definition) is 10. The number of pyridine rings is 2. The van der Waals surface area contributed by atoms with E-state index < -0.39 is 23.9 Å². The van der Waals surface area contributed by atoms with Crippen molar-refractivity contribution in [2.45, 2.75) is 91.0 Å². The van der Waals surface area contributed by atoms with Gasteiger partial charge in [-0.25, -0.2) is 9.48 Å². The Bertz CT molecular complexity index is 2670. The van der Waals surface area contributed by atoms with E-state index in [1.807, 2.05) is 48.5 Å². The third kappa shape index (κ3) is 11.4. The van der Waals surface area contributed by atoms with Gasteiger partial charge in [-0.1, -0.05) is 50.6 Å². The number of anilines is 1. The van der Waals surface area contributed by atoms with Crippen LogP contribution in [0, 0.1) is 5.92 Å². The number of nitrogens with zero attached hydrogens (tertiary/aromatic N) is 6. The van der Waals surface area contributed by atoms with Crippen LogP contribution in [0.25, 0.3) is 33.3 Å². The van der Waals surface area contributed by atoms with E-state index in [0.717, 1.165) is 33.2 Å². The summed E-state index contributed by atoms with van der Waals surface area (Å²) in [6.07, 6.45) is 10.6. The van der Waals surface area contributed by atoms with E-state index in [-0.39, 0.29) is 61.3 Å². The van der Waals surface area contributed by atoms with Crippen LogP contribution in [0.2, 0.25) is 0 Å². The van der Waals surface area contributed by atoms with Gasteiger partial charge in [0.25, 0.3) is 17.4 Å². The number of carbonyl (C=O) groups excluding carboxylic acids is 6. The molecule has 0 saturated carbocycles. The smallest absolute Gasteiger partial charge is 0.322 e. The highest BCUT2D eigenvalue weighted by molar-refractivity contribution is 6.12. The van der Waals surface area contributed by atoms with Crippen LogP contribution >= 0.6 is 0 Å². The van der Waals surface area contributed by atoms with Gasteiger partial charge in [-0.05, 0) is 91.6 Å². The lowest BCUT2D eigenvalue weighted by atomic mass is 10.00. The summed E-state index contributed by atoms with van der Waals surface area (Å²) < 4.78 is 1.44. The van der Waals surface area contributed by atoms with Crippen molar-refractivity contribution in [2.75, 3.05) is 18.4 Å². The number of unbranched alkanes of at least 4 members (excludes halogenated alkanes) is 3. The van der Waals surface area contributed by atoms with Crippen molar-refractivity contribution in [1.82, 2.24) is 45.5 Å². The molecule has 0 fully saturated rings. The summed E-state index contributed by atoms with van der Waals surface area (Å²) in [5.74, 6) is -2.10. The van der Waals surface area contributed by atoms with Crippen LogP contribution < -0.4 is 26.8 Å². The van der Waals surface area contributed by atoms with Gasteiger partial charge in [0.05, 0.1) is 16.8 Å². The van der Waals surface area contributed by atoms with Gasteiger partial charge in [0.2, 0.25) is 17.7 Å². The molecular weight excluding hydrogens is 841 g/mol. The Morgan fingerprint density at radius 1 is 0.742 bits per heavy atom. The molecule has 2 aliphatic heterocycles. The lowest BCUT2D eigenvalue weighted by Crippen LogP contribution is -2.54. The minimum Gasteiger partial charge on any atom is -0.354 e. The van der Waals surface area contributed by atoms with Crippen LogP contribution in [0.5, 0.6) is 0 Å². The maximum Gasteiger partial charge on any atom is 0.322 e. The number of rotatable bonds is 19. The molecular formula is C49H54N10O7. The zero-order valence-corrected chi connectivity index (χ0v) is 37.3. The lowest BCUT2D eigenvalue weighted by molar-refractivity contribution is -0.137. The summed E-state index contributed by atoms with van der Waals surface area (Å²) in [4.78, 5) is 101. The van der Waals surface area contributed by atoms with E-state index in [0.29, 0.717) is 62.1 Å². The van der Waals surface area contributed by atoms with Crippen molar-refractivity contribution >= 4 is 52.2 Å². The first-order valence-electron chi connectivity index (χ1n) is 22.3. The monoisotopic (exact) mass is 894 g/mol. The number of aryl methyl sites for hydroxylation is 1. The number of imide groups is 1. The molecule has 17 heteroatoms. The zero-order valence-electron chi connectivity index (χ0n) is 37.3. The highest BCUT2D eigenvalue weighted by atomic mass is 16.2. The molecule has 0 bridgehead atoms. The van der Waals surface area contributed by atoms with Crippen molar-refractivity contribution < 1.29 is 28.8 Å². The molecule has 2 atom stereocenters. The van der Waals surface area contributed by atoms with Gasteiger partial charge in [0.15, 0.2) is 0 Å². The molecule has 0 saturated heterocycles. The molecule has 1 unspecified atom stereocenters.